The van der Waals surface area contributed by atoms with Crippen LogP contribution in [0.1, 0.15) is 25.4 Å². The highest BCUT2D eigenvalue weighted by atomic mass is 14.9. The Morgan fingerprint density at radius 3 is 2.82 bits per heavy atom. The maximum absolute atomic E-state index is 4.27. The van der Waals surface area contributed by atoms with Gasteiger partial charge in [-0.2, -0.15) is 0 Å². The second kappa shape index (κ2) is 3.46. The number of hydrogen-bond acceptors (Lipinski definition) is 2. The van der Waals surface area contributed by atoms with Gasteiger partial charge in [-0.15, -0.1) is 0 Å². The van der Waals surface area contributed by atoms with Crippen LogP contribution in [0.5, 0.6) is 0 Å². The second-order valence-corrected chi connectivity index (χ2v) is 3.15. The predicted molar refractivity (Wildman–Crippen MR) is 44.1 cm³/mol. The zero-order chi connectivity index (χ0) is 8.27. The van der Waals surface area contributed by atoms with Crippen LogP contribution in [0.2, 0.25) is 0 Å². The molecule has 2 heteroatoms. The van der Waals surface area contributed by atoms with Gasteiger partial charge in [0.15, 0.2) is 0 Å². The molecule has 0 aromatic carbocycles. The molecular weight excluding hydrogens is 136 g/mol. The minimum Gasteiger partial charge on any atom is -0.238 e. The first-order chi connectivity index (χ1) is 5.18. The van der Waals surface area contributed by atoms with E-state index in [2.05, 4.69) is 30.0 Å². The van der Waals surface area contributed by atoms with E-state index in [9.17, 15) is 0 Å². The van der Waals surface area contributed by atoms with Crippen LogP contribution in [0.25, 0.3) is 0 Å². The largest absolute Gasteiger partial charge is 0.238 e. The molecule has 1 rings (SSSR count). The van der Waals surface area contributed by atoms with E-state index in [4.69, 9.17) is 0 Å². The number of aromatic nitrogens is 2. The molecule has 0 N–H and O–H groups in total. The molecule has 0 unspecified atom stereocenters. The van der Waals surface area contributed by atoms with E-state index in [-0.39, 0.29) is 0 Å². The van der Waals surface area contributed by atoms with E-state index in [1.165, 1.54) is 0 Å². The van der Waals surface area contributed by atoms with Crippen molar-refractivity contribution in [3.8, 4) is 0 Å². The van der Waals surface area contributed by atoms with Gasteiger partial charge in [0, 0.05) is 12.1 Å². The molecule has 1 heterocycles. The van der Waals surface area contributed by atoms with Crippen molar-refractivity contribution in [3.63, 3.8) is 0 Å². The van der Waals surface area contributed by atoms with Crippen molar-refractivity contribution in [2.45, 2.75) is 27.2 Å². The first kappa shape index (κ1) is 8.18. The third-order valence-electron chi connectivity index (χ3n) is 1.36. The summed E-state index contributed by atoms with van der Waals surface area (Å²) in [7, 11) is 0. The molecule has 1 radical (unpaired) electrons. The average molecular weight is 149 g/mol. The fraction of sp³-hybridized carbons (Fsp3) is 0.556. The molecule has 0 saturated heterocycles. The molecule has 11 heavy (non-hydrogen) atoms. The maximum atomic E-state index is 4.27. The van der Waals surface area contributed by atoms with Gasteiger partial charge in [-0.3, -0.25) is 0 Å². The molecule has 0 aliphatic carbocycles. The number of aryl methyl sites for hydroxylation is 1. The normalized spacial score (nSPS) is 10.5. The highest BCUT2D eigenvalue weighted by molar-refractivity contribution is 4.98. The van der Waals surface area contributed by atoms with E-state index < -0.39 is 0 Å². The van der Waals surface area contributed by atoms with Gasteiger partial charge in [-0.05, 0) is 18.9 Å². The summed E-state index contributed by atoms with van der Waals surface area (Å²) in [4.78, 5) is 8.31. The first-order valence-corrected chi connectivity index (χ1v) is 3.89. The first-order valence-electron chi connectivity index (χ1n) is 3.89. The second-order valence-electron chi connectivity index (χ2n) is 3.15. The number of nitrogens with zero attached hydrogens (tertiary/aromatic N) is 2. The van der Waals surface area contributed by atoms with Gasteiger partial charge in [0.25, 0.3) is 0 Å². The molecule has 2 nitrogen and oxygen atoms in total. The van der Waals surface area contributed by atoms with Gasteiger partial charge in [0.2, 0.25) is 0 Å². The van der Waals surface area contributed by atoms with Gasteiger partial charge in [-0.1, -0.05) is 13.8 Å². The van der Waals surface area contributed by atoms with E-state index in [1.54, 1.807) is 6.07 Å². The molecule has 1 aromatic heterocycles. The van der Waals surface area contributed by atoms with Gasteiger partial charge < -0.3 is 0 Å². The fourth-order valence-electron chi connectivity index (χ4n) is 0.917. The molecule has 59 valence electrons. The van der Waals surface area contributed by atoms with Crippen LogP contribution in [0.4, 0.5) is 0 Å². The van der Waals surface area contributed by atoms with Crippen LogP contribution in [-0.4, -0.2) is 9.97 Å². The predicted octanol–water partition coefficient (Wildman–Crippen LogP) is 1.78. The zero-order valence-corrected chi connectivity index (χ0v) is 7.26. The Morgan fingerprint density at radius 2 is 2.27 bits per heavy atom. The summed E-state index contributed by atoms with van der Waals surface area (Å²) in [5, 5.41) is 0. The molecule has 0 aliphatic heterocycles. The zero-order valence-electron chi connectivity index (χ0n) is 7.26. The molecule has 0 aliphatic rings. The SMILES string of the molecule is Cc1c[c]nc(CC(C)C)n1. The highest BCUT2D eigenvalue weighted by Crippen LogP contribution is 2.01. The van der Waals surface area contributed by atoms with Gasteiger partial charge >= 0.3 is 0 Å². The molecule has 0 atom stereocenters. The lowest BCUT2D eigenvalue weighted by molar-refractivity contribution is 0.618. The highest BCUT2D eigenvalue weighted by Gasteiger charge is 1.99. The lowest BCUT2D eigenvalue weighted by Gasteiger charge is -2.02. The maximum Gasteiger partial charge on any atom is 0.129 e. The Hall–Kier alpha value is -0.920. The lowest BCUT2D eigenvalue weighted by atomic mass is 10.1. The third kappa shape index (κ3) is 2.66. The Kier molecular flexibility index (Phi) is 2.58. The monoisotopic (exact) mass is 149 g/mol. The summed E-state index contributed by atoms with van der Waals surface area (Å²) < 4.78 is 0. The molecular formula is C9H13N2. The molecule has 0 fully saturated rings. The van der Waals surface area contributed by atoms with Crippen molar-refractivity contribution < 1.29 is 0 Å². The molecule has 0 spiro atoms. The smallest absolute Gasteiger partial charge is 0.129 e. The van der Waals surface area contributed by atoms with Gasteiger partial charge in [0.05, 0.1) is 6.20 Å². The summed E-state index contributed by atoms with van der Waals surface area (Å²) in [6.45, 7) is 6.28. The Morgan fingerprint density at radius 1 is 1.55 bits per heavy atom. The lowest BCUT2D eigenvalue weighted by Crippen LogP contribution is -2.01. The quantitative estimate of drug-likeness (QED) is 0.640. The van der Waals surface area contributed by atoms with Crippen LogP contribution in [0.3, 0.4) is 0 Å². The standard InChI is InChI=1S/C9H13N2/c1-7(2)6-9-10-5-4-8(3)11-9/h4,7H,6H2,1-3H3. The fourth-order valence-corrected chi connectivity index (χ4v) is 0.917. The van der Waals surface area contributed by atoms with Crippen molar-refractivity contribution in [2.24, 2.45) is 5.92 Å². The third-order valence-corrected chi connectivity index (χ3v) is 1.36. The number of hydrogen-bond donors (Lipinski definition) is 0. The van der Waals surface area contributed by atoms with Crippen LogP contribution in [0.15, 0.2) is 6.07 Å². The Bertz CT molecular complexity index is 231. The Labute approximate surface area is 67.7 Å². The summed E-state index contributed by atoms with van der Waals surface area (Å²) in [6, 6.07) is 1.80. The van der Waals surface area contributed by atoms with E-state index in [0.29, 0.717) is 5.92 Å². The van der Waals surface area contributed by atoms with Crippen molar-refractivity contribution in [1.29, 1.82) is 0 Å². The van der Waals surface area contributed by atoms with Crippen molar-refractivity contribution >= 4 is 0 Å². The summed E-state index contributed by atoms with van der Waals surface area (Å²) in [5.41, 5.74) is 0.996. The van der Waals surface area contributed by atoms with E-state index in [1.807, 2.05) is 6.92 Å². The summed E-state index contributed by atoms with van der Waals surface area (Å²) in [6.07, 6.45) is 3.76. The van der Waals surface area contributed by atoms with Gasteiger partial charge in [0.1, 0.15) is 5.82 Å². The van der Waals surface area contributed by atoms with E-state index >= 15 is 0 Å². The van der Waals surface area contributed by atoms with Crippen molar-refractivity contribution in [1.82, 2.24) is 9.97 Å². The van der Waals surface area contributed by atoms with Crippen molar-refractivity contribution in [3.05, 3.63) is 23.8 Å². The van der Waals surface area contributed by atoms with Crippen LogP contribution < -0.4 is 0 Å². The van der Waals surface area contributed by atoms with Crippen LogP contribution in [-0.2, 0) is 6.42 Å². The summed E-state index contributed by atoms with van der Waals surface area (Å²) in [5.74, 6) is 1.52. The molecule has 1 aromatic rings. The average Bonchev–Trinajstić information content (AvgIpc) is 1.85. The van der Waals surface area contributed by atoms with Gasteiger partial charge in [-0.25, -0.2) is 9.97 Å². The minimum atomic E-state index is 0.616. The number of rotatable bonds is 2. The molecule has 0 amide bonds. The van der Waals surface area contributed by atoms with Crippen LogP contribution >= 0.6 is 0 Å². The topological polar surface area (TPSA) is 25.8 Å². The molecule has 0 saturated carbocycles. The Balaban J connectivity index is 2.71. The minimum absolute atomic E-state index is 0.616. The summed E-state index contributed by atoms with van der Waals surface area (Å²) >= 11 is 0. The van der Waals surface area contributed by atoms with Crippen LogP contribution in [0, 0.1) is 19.0 Å². The molecule has 0 bridgehead atoms. The van der Waals surface area contributed by atoms with Crippen molar-refractivity contribution in [2.75, 3.05) is 0 Å². The van der Waals surface area contributed by atoms with E-state index in [0.717, 1.165) is 17.9 Å².